The summed E-state index contributed by atoms with van der Waals surface area (Å²) < 4.78 is 5.33. The van der Waals surface area contributed by atoms with Gasteiger partial charge in [-0.05, 0) is 41.0 Å². The number of amides is 2. The molecule has 2 N–H and O–H groups in total. The minimum absolute atomic E-state index is 0.0982. The third-order valence-corrected chi connectivity index (χ3v) is 6.04. The normalized spacial score (nSPS) is 13.5. The summed E-state index contributed by atoms with van der Waals surface area (Å²) in [6.07, 6.45) is 4.96. The molecule has 2 amide bonds. The van der Waals surface area contributed by atoms with E-state index in [0.29, 0.717) is 37.6 Å². The Morgan fingerprint density at radius 2 is 1.77 bits per heavy atom. The van der Waals surface area contributed by atoms with Crippen molar-refractivity contribution >= 4 is 28.3 Å². The Hall–Kier alpha value is -4.43. The summed E-state index contributed by atoms with van der Waals surface area (Å²) >= 11 is 0. The summed E-state index contributed by atoms with van der Waals surface area (Å²) in [7, 11) is 0. The van der Waals surface area contributed by atoms with Crippen LogP contribution in [0.3, 0.4) is 0 Å². The van der Waals surface area contributed by atoms with Gasteiger partial charge >= 0.3 is 0 Å². The predicted molar refractivity (Wildman–Crippen MR) is 133 cm³/mol. The number of ether oxygens (including phenoxy) is 1. The van der Waals surface area contributed by atoms with Crippen LogP contribution in [0.1, 0.15) is 16.1 Å². The molecule has 1 fully saturated rings. The molecule has 0 unspecified atom stereocenters. The molecule has 0 spiro atoms. The van der Waals surface area contributed by atoms with Crippen LogP contribution in [0.2, 0.25) is 0 Å². The Labute approximate surface area is 202 Å². The van der Waals surface area contributed by atoms with Gasteiger partial charge in [-0.3, -0.25) is 14.6 Å². The standard InChI is InChI=1S/C27H23N5O3/c1-17(26(28)33)18-3-2-4-19(11-18)23-13-21(12-22-14-29-16-31-25(22)23)20-5-6-24(30-15-20)27(34)32-7-9-35-10-8-32/h2-6,11-16H,1,7-10H2,(H2,28,33). The molecule has 35 heavy (non-hydrogen) atoms. The summed E-state index contributed by atoms with van der Waals surface area (Å²) in [5.74, 6) is -0.667. The van der Waals surface area contributed by atoms with Crippen molar-refractivity contribution in [2.75, 3.05) is 26.3 Å². The highest BCUT2D eigenvalue weighted by Gasteiger charge is 2.20. The maximum Gasteiger partial charge on any atom is 0.272 e. The van der Waals surface area contributed by atoms with E-state index in [2.05, 4.69) is 21.5 Å². The summed E-state index contributed by atoms with van der Waals surface area (Å²) in [4.78, 5) is 39.2. The van der Waals surface area contributed by atoms with Crippen LogP contribution in [0.5, 0.6) is 0 Å². The van der Waals surface area contributed by atoms with Gasteiger partial charge in [0.2, 0.25) is 5.91 Å². The zero-order valence-corrected chi connectivity index (χ0v) is 19.0. The Bertz CT molecular complexity index is 1440. The van der Waals surface area contributed by atoms with Crippen molar-refractivity contribution < 1.29 is 14.3 Å². The zero-order valence-electron chi connectivity index (χ0n) is 19.0. The molecule has 1 aliphatic rings. The number of nitrogens with zero attached hydrogens (tertiary/aromatic N) is 4. The number of fused-ring (bicyclic) bond motifs is 1. The van der Waals surface area contributed by atoms with Crippen LogP contribution in [0.4, 0.5) is 0 Å². The first-order valence-corrected chi connectivity index (χ1v) is 11.2. The smallest absolute Gasteiger partial charge is 0.272 e. The topological polar surface area (TPSA) is 111 Å². The summed E-state index contributed by atoms with van der Waals surface area (Å²) in [6.45, 7) is 6.01. The highest BCUT2D eigenvalue weighted by molar-refractivity contribution is 6.18. The molecule has 1 saturated heterocycles. The highest BCUT2D eigenvalue weighted by Crippen LogP contribution is 2.33. The van der Waals surface area contributed by atoms with Crippen molar-refractivity contribution in [2.45, 2.75) is 0 Å². The fourth-order valence-electron chi connectivity index (χ4n) is 4.13. The van der Waals surface area contributed by atoms with Crippen LogP contribution in [0, 0.1) is 0 Å². The molecule has 0 saturated carbocycles. The lowest BCUT2D eigenvalue weighted by Crippen LogP contribution is -2.41. The predicted octanol–water partition coefficient (Wildman–Crippen LogP) is 3.33. The van der Waals surface area contributed by atoms with Gasteiger partial charge in [0.05, 0.1) is 18.7 Å². The fraction of sp³-hybridized carbons (Fsp3) is 0.148. The SMILES string of the molecule is C=C(C(N)=O)c1cccc(-c2cc(-c3ccc(C(=O)N4CCOCC4)nc3)cc3cncnc23)c1. The molecular formula is C27H23N5O3. The van der Waals surface area contributed by atoms with Gasteiger partial charge in [-0.1, -0.05) is 30.8 Å². The van der Waals surface area contributed by atoms with Crippen molar-refractivity contribution in [3.63, 3.8) is 0 Å². The maximum absolute atomic E-state index is 12.7. The molecule has 4 aromatic rings. The average molecular weight is 466 g/mol. The first kappa shape index (κ1) is 22.4. The first-order valence-electron chi connectivity index (χ1n) is 11.2. The minimum atomic E-state index is -0.569. The number of hydrogen-bond donors (Lipinski definition) is 1. The minimum Gasteiger partial charge on any atom is -0.378 e. The van der Waals surface area contributed by atoms with Crippen molar-refractivity contribution in [3.05, 3.63) is 85.1 Å². The van der Waals surface area contributed by atoms with Gasteiger partial charge in [0.15, 0.2) is 0 Å². The molecule has 0 aliphatic carbocycles. The van der Waals surface area contributed by atoms with Crippen LogP contribution in [-0.2, 0) is 9.53 Å². The number of nitrogens with two attached hydrogens (primary N) is 1. The van der Waals surface area contributed by atoms with E-state index in [-0.39, 0.29) is 11.5 Å². The second-order valence-corrected chi connectivity index (χ2v) is 8.24. The number of benzene rings is 2. The number of rotatable bonds is 5. The monoisotopic (exact) mass is 465 g/mol. The molecule has 0 bridgehead atoms. The molecule has 2 aromatic carbocycles. The van der Waals surface area contributed by atoms with Crippen LogP contribution < -0.4 is 5.73 Å². The van der Waals surface area contributed by atoms with Crippen LogP contribution >= 0.6 is 0 Å². The van der Waals surface area contributed by atoms with E-state index >= 15 is 0 Å². The lowest BCUT2D eigenvalue weighted by Gasteiger charge is -2.26. The lowest BCUT2D eigenvalue weighted by atomic mass is 9.94. The highest BCUT2D eigenvalue weighted by atomic mass is 16.5. The first-order chi connectivity index (χ1) is 17.0. The largest absolute Gasteiger partial charge is 0.378 e. The van der Waals surface area contributed by atoms with Crippen LogP contribution in [-0.4, -0.2) is 58.0 Å². The molecule has 8 nitrogen and oxygen atoms in total. The van der Waals surface area contributed by atoms with Gasteiger partial charge in [0.1, 0.15) is 12.0 Å². The molecule has 3 heterocycles. The number of primary amides is 1. The van der Waals surface area contributed by atoms with Gasteiger partial charge in [0, 0.05) is 47.6 Å². The summed E-state index contributed by atoms with van der Waals surface area (Å²) in [5.41, 5.74) is 11.0. The van der Waals surface area contributed by atoms with E-state index in [9.17, 15) is 9.59 Å². The Kier molecular flexibility index (Phi) is 6.03. The molecule has 5 rings (SSSR count). The Balaban J connectivity index is 1.54. The van der Waals surface area contributed by atoms with Crippen molar-refractivity contribution in [2.24, 2.45) is 5.73 Å². The maximum atomic E-state index is 12.7. The molecule has 174 valence electrons. The Morgan fingerprint density at radius 1 is 0.943 bits per heavy atom. The second kappa shape index (κ2) is 9.44. The van der Waals surface area contributed by atoms with E-state index in [0.717, 1.165) is 33.2 Å². The van der Waals surface area contributed by atoms with E-state index in [1.165, 1.54) is 6.33 Å². The average Bonchev–Trinajstić information content (AvgIpc) is 2.92. The van der Waals surface area contributed by atoms with Crippen molar-refractivity contribution in [3.8, 4) is 22.3 Å². The van der Waals surface area contributed by atoms with E-state index in [4.69, 9.17) is 10.5 Å². The van der Waals surface area contributed by atoms with E-state index in [1.807, 2.05) is 36.4 Å². The number of hydrogen-bond acceptors (Lipinski definition) is 6. The molecular weight excluding hydrogens is 442 g/mol. The van der Waals surface area contributed by atoms with E-state index in [1.54, 1.807) is 29.4 Å². The summed E-state index contributed by atoms with van der Waals surface area (Å²) in [6, 6.07) is 15.1. The van der Waals surface area contributed by atoms with Gasteiger partial charge in [-0.2, -0.15) is 0 Å². The van der Waals surface area contributed by atoms with Gasteiger partial charge in [0.25, 0.3) is 5.91 Å². The molecule has 0 atom stereocenters. The van der Waals surface area contributed by atoms with E-state index < -0.39 is 5.91 Å². The van der Waals surface area contributed by atoms with Crippen LogP contribution in [0.15, 0.2) is 73.8 Å². The van der Waals surface area contributed by atoms with Crippen molar-refractivity contribution in [1.82, 2.24) is 19.9 Å². The number of carbonyl (C=O) groups excluding carboxylic acids is 2. The number of aromatic nitrogens is 3. The fourth-order valence-corrected chi connectivity index (χ4v) is 4.13. The molecule has 0 radical (unpaired) electrons. The van der Waals surface area contributed by atoms with Gasteiger partial charge < -0.3 is 15.4 Å². The molecule has 2 aromatic heterocycles. The van der Waals surface area contributed by atoms with Crippen molar-refractivity contribution in [1.29, 1.82) is 0 Å². The third kappa shape index (κ3) is 4.51. The zero-order chi connectivity index (χ0) is 24.4. The molecule has 8 heteroatoms. The molecule has 1 aliphatic heterocycles. The van der Waals surface area contributed by atoms with Gasteiger partial charge in [-0.15, -0.1) is 0 Å². The summed E-state index contributed by atoms with van der Waals surface area (Å²) in [5, 5.41) is 0.854. The quantitative estimate of drug-likeness (QED) is 0.453. The third-order valence-electron chi connectivity index (χ3n) is 6.04. The Morgan fingerprint density at radius 3 is 2.51 bits per heavy atom. The number of pyridine rings is 1. The van der Waals surface area contributed by atoms with Gasteiger partial charge in [-0.25, -0.2) is 9.97 Å². The second-order valence-electron chi connectivity index (χ2n) is 8.24. The number of morpholine rings is 1. The number of carbonyl (C=O) groups is 2. The van der Waals surface area contributed by atoms with Crippen LogP contribution in [0.25, 0.3) is 38.7 Å². The lowest BCUT2D eigenvalue weighted by molar-refractivity contribution is -0.112.